The lowest BCUT2D eigenvalue weighted by Crippen LogP contribution is -2.36. The Labute approximate surface area is 198 Å². The molecule has 0 aromatic heterocycles. The van der Waals surface area contributed by atoms with Gasteiger partial charge in [-0.2, -0.15) is 18.3 Å². The molecule has 5 rings (SSSR count). The summed E-state index contributed by atoms with van der Waals surface area (Å²) in [4.78, 5) is 40.8. The standard InChI is InChI=1S/C26H18F3N3O3/c27-26(28,29)17-12-7-13-18(14-17)32-24(34)20-21(30-31-22(20)25(32)35)23(33)19(15-8-3-1-4-9-15)16-10-5-2-6-11-16/h1-14,19-20,22,31H/t20-,22+/m1/s1. The highest BCUT2D eigenvalue weighted by atomic mass is 19.4. The minimum absolute atomic E-state index is 0.125. The summed E-state index contributed by atoms with van der Waals surface area (Å²) in [7, 11) is 0. The van der Waals surface area contributed by atoms with Crippen LogP contribution in [0.1, 0.15) is 22.6 Å². The molecule has 0 aliphatic carbocycles. The Hall–Kier alpha value is -4.27. The predicted molar refractivity (Wildman–Crippen MR) is 122 cm³/mol. The van der Waals surface area contributed by atoms with Crippen LogP contribution in [0.15, 0.2) is 90.0 Å². The predicted octanol–water partition coefficient (Wildman–Crippen LogP) is 3.92. The number of carbonyl (C=O) groups excluding carboxylic acids is 3. The Kier molecular flexibility index (Phi) is 5.47. The van der Waals surface area contributed by atoms with E-state index in [0.29, 0.717) is 16.0 Å². The van der Waals surface area contributed by atoms with Crippen molar-refractivity contribution in [1.29, 1.82) is 0 Å². The number of Topliss-reactive ketones (excluding diaryl/α,β-unsaturated/α-hetero) is 1. The second-order valence-electron chi connectivity index (χ2n) is 8.26. The quantitative estimate of drug-likeness (QED) is 0.565. The molecule has 1 saturated heterocycles. The van der Waals surface area contributed by atoms with Crippen molar-refractivity contribution in [3.05, 3.63) is 102 Å². The van der Waals surface area contributed by atoms with Gasteiger partial charge in [-0.15, -0.1) is 0 Å². The average molecular weight is 477 g/mol. The number of halogens is 3. The van der Waals surface area contributed by atoms with Crippen LogP contribution >= 0.6 is 0 Å². The molecule has 3 aromatic carbocycles. The summed E-state index contributed by atoms with van der Waals surface area (Å²) in [6.07, 6.45) is -4.64. The number of hydrogen-bond acceptors (Lipinski definition) is 5. The Bertz CT molecular complexity index is 1300. The summed E-state index contributed by atoms with van der Waals surface area (Å²) in [5.41, 5.74) is 2.61. The van der Waals surface area contributed by atoms with Crippen LogP contribution in [0.25, 0.3) is 0 Å². The fourth-order valence-corrected chi connectivity index (χ4v) is 4.50. The maximum absolute atomic E-state index is 13.8. The van der Waals surface area contributed by atoms with Gasteiger partial charge in [0.05, 0.1) is 17.2 Å². The van der Waals surface area contributed by atoms with Crippen LogP contribution in [0.5, 0.6) is 0 Å². The number of nitrogens with zero attached hydrogens (tertiary/aromatic N) is 2. The fraction of sp³-hybridized carbons (Fsp3) is 0.154. The highest BCUT2D eigenvalue weighted by Crippen LogP contribution is 2.37. The van der Waals surface area contributed by atoms with Gasteiger partial charge in [0.2, 0.25) is 5.91 Å². The number of amides is 2. The fourth-order valence-electron chi connectivity index (χ4n) is 4.50. The van der Waals surface area contributed by atoms with E-state index in [9.17, 15) is 27.6 Å². The third-order valence-corrected chi connectivity index (χ3v) is 6.14. The number of ketones is 1. The number of benzene rings is 3. The Morgan fingerprint density at radius 1 is 0.857 bits per heavy atom. The van der Waals surface area contributed by atoms with E-state index in [1.165, 1.54) is 6.07 Å². The van der Waals surface area contributed by atoms with E-state index < -0.39 is 47.2 Å². The van der Waals surface area contributed by atoms with E-state index in [0.717, 1.165) is 18.2 Å². The highest BCUT2D eigenvalue weighted by Gasteiger charge is 2.56. The van der Waals surface area contributed by atoms with Gasteiger partial charge in [0, 0.05) is 0 Å². The van der Waals surface area contributed by atoms with E-state index in [2.05, 4.69) is 10.5 Å². The second-order valence-corrected chi connectivity index (χ2v) is 8.26. The van der Waals surface area contributed by atoms with Crippen molar-refractivity contribution in [1.82, 2.24) is 5.43 Å². The number of hydrogen-bond donors (Lipinski definition) is 1. The summed E-state index contributed by atoms with van der Waals surface area (Å²) in [6.45, 7) is 0. The van der Waals surface area contributed by atoms with Crippen LogP contribution < -0.4 is 10.3 Å². The number of carbonyl (C=O) groups is 3. The molecule has 176 valence electrons. The van der Waals surface area contributed by atoms with Gasteiger partial charge in [0.15, 0.2) is 5.78 Å². The summed E-state index contributed by atoms with van der Waals surface area (Å²) in [5, 5.41) is 4.05. The van der Waals surface area contributed by atoms with Crippen LogP contribution in [0.3, 0.4) is 0 Å². The van der Waals surface area contributed by atoms with Gasteiger partial charge in [0.25, 0.3) is 5.91 Å². The molecule has 2 heterocycles. The summed E-state index contributed by atoms with van der Waals surface area (Å²) >= 11 is 0. The first-order valence-electron chi connectivity index (χ1n) is 10.8. The van der Waals surface area contributed by atoms with Crippen molar-refractivity contribution in [3.8, 4) is 0 Å². The maximum atomic E-state index is 13.8. The van der Waals surface area contributed by atoms with Crippen molar-refractivity contribution in [3.63, 3.8) is 0 Å². The van der Waals surface area contributed by atoms with Gasteiger partial charge in [-0.05, 0) is 29.3 Å². The summed E-state index contributed by atoms with van der Waals surface area (Å²) in [5.74, 6) is -4.03. The zero-order chi connectivity index (χ0) is 24.7. The van der Waals surface area contributed by atoms with Crippen LogP contribution in [0, 0.1) is 5.92 Å². The van der Waals surface area contributed by atoms with E-state index in [-0.39, 0.29) is 11.4 Å². The third kappa shape index (κ3) is 3.88. The van der Waals surface area contributed by atoms with E-state index in [1.807, 2.05) is 12.1 Å². The maximum Gasteiger partial charge on any atom is 0.416 e. The molecule has 35 heavy (non-hydrogen) atoms. The zero-order valence-electron chi connectivity index (χ0n) is 18.1. The van der Waals surface area contributed by atoms with Crippen molar-refractivity contribution < 1.29 is 27.6 Å². The SMILES string of the molecule is O=C(C1=NN[C@@H]2C(=O)N(c3cccc(C(F)(F)F)c3)C(=O)[C@H]12)C(c1ccccc1)c1ccccc1. The Balaban J connectivity index is 1.50. The Morgan fingerprint density at radius 3 is 2.03 bits per heavy atom. The number of anilines is 1. The molecule has 0 spiro atoms. The molecule has 0 saturated carbocycles. The third-order valence-electron chi connectivity index (χ3n) is 6.14. The molecule has 2 atom stereocenters. The molecule has 3 aromatic rings. The second kappa shape index (κ2) is 8.50. The average Bonchev–Trinajstić information content (AvgIpc) is 3.40. The normalized spacial score (nSPS) is 19.5. The first-order chi connectivity index (χ1) is 16.8. The topological polar surface area (TPSA) is 78.8 Å². The van der Waals surface area contributed by atoms with Crippen LogP contribution in [-0.2, 0) is 20.6 Å². The minimum Gasteiger partial charge on any atom is -0.296 e. The molecule has 6 nitrogen and oxygen atoms in total. The Morgan fingerprint density at radius 2 is 1.46 bits per heavy atom. The summed E-state index contributed by atoms with van der Waals surface area (Å²) < 4.78 is 39.6. The lowest BCUT2D eigenvalue weighted by Gasteiger charge is -2.19. The molecule has 9 heteroatoms. The molecule has 0 bridgehead atoms. The molecule has 2 aliphatic rings. The largest absolute Gasteiger partial charge is 0.416 e. The molecule has 1 fully saturated rings. The number of alkyl halides is 3. The number of hydrazone groups is 1. The van der Waals surface area contributed by atoms with E-state index >= 15 is 0 Å². The van der Waals surface area contributed by atoms with Gasteiger partial charge in [-0.3, -0.25) is 19.8 Å². The number of fused-ring (bicyclic) bond motifs is 1. The highest BCUT2D eigenvalue weighted by molar-refractivity contribution is 6.50. The zero-order valence-corrected chi connectivity index (χ0v) is 18.1. The smallest absolute Gasteiger partial charge is 0.296 e. The molecule has 1 N–H and O–H groups in total. The molecule has 2 amide bonds. The molecular formula is C26H18F3N3O3. The van der Waals surface area contributed by atoms with Crippen molar-refractivity contribution in [2.45, 2.75) is 18.1 Å². The lowest BCUT2D eigenvalue weighted by molar-refractivity contribution is -0.137. The van der Waals surface area contributed by atoms with Crippen LogP contribution in [0.4, 0.5) is 18.9 Å². The monoisotopic (exact) mass is 477 g/mol. The van der Waals surface area contributed by atoms with Gasteiger partial charge in [-0.1, -0.05) is 66.7 Å². The van der Waals surface area contributed by atoms with Gasteiger partial charge in [0.1, 0.15) is 17.7 Å². The number of rotatable bonds is 5. The number of nitrogens with one attached hydrogen (secondary N) is 1. The molecule has 0 unspecified atom stereocenters. The molecule has 0 radical (unpaired) electrons. The van der Waals surface area contributed by atoms with Gasteiger partial charge in [-0.25, -0.2) is 4.90 Å². The van der Waals surface area contributed by atoms with Crippen molar-refractivity contribution in [2.75, 3.05) is 4.90 Å². The minimum atomic E-state index is -4.64. The number of imide groups is 1. The van der Waals surface area contributed by atoms with E-state index in [4.69, 9.17) is 0 Å². The summed E-state index contributed by atoms with van der Waals surface area (Å²) in [6, 6.07) is 20.7. The molecule has 2 aliphatic heterocycles. The lowest BCUT2D eigenvalue weighted by atomic mass is 9.82. The van der Waals surface area contributed by atoms with Crippen LogP contribution in [-0.4, -0.2) is 29.4 Å². The molecular weight excluding hydrogens is 459 g/mol. The first-order valence-corrected chi connectivity index (χ1v) is 10.8. The van der Waals surface area contributed by atoms with Crippen molar-refractivity contribution in [2.24, 2.45) is 11.0 Å². The van der Waals surface area contributed by atoms with Gasteiger partial charge >= 0.3 is 6.18 Å². The van der Waals surface area contributed by atoms with Gasteiger partial charge < -0.3 is 0 Å². The van der Waals surface area contributed by atoms with E-state index in [1.54, 1.807) is 48.5 Å². The van der Waals surface area contributed by atoms with Crippen LogP contribution in [0.2, 0.25) is 0 Å². The van der Waals surface area contributed by atoms with Crippen molar-refractivity contribution >= 4 is 29.0 Å². The first kappa shape index (κ1) is 22.5.